The highest BCUT2D eigenvalue weighted by molar-refractivity contribution is 6.39. The highest BCUT2D eigenvalue weighted by atomic mass is 16.6. The molecule has 8 rings (SSSR count). The molecule has 0 radical (unpaired) electrons. The Morgan fingerprint density at radius 3 is 1.15 bits per heavy atom. The standard InChI is InChI=1S/2C55H87NO14/c2*1-11-25-67-26-27-68-46-32-42-22-20-40(8)55(64,70-42)52(61)53(62)56-24-16-15-19-43(56)54(63)69-47(37(5)30-41-21-23-44(57)48(31-41)65-9)33-45(58)36(4)29-39(7)50(60)51(66-10)49(59)38(6)28-34(2)17-13-12-14-18-35(46)3/h2*12-14,17-18,29,34,36-38,40-44,46-48,50-51,57,60,64H,11,15-16,19-28,30-33H2,1-10H3/b2*14-12+,17-13+,35-18+,39-29+/t34-,36-,37-,38-,40-,41+,42+,43+,44-,46+,47+,48-,50-,51+,55-;34-,36-,37-,38-,40-,41+,42+,43+,44-,46-,47+,48-,50-,51+,55-/m11/s1. The molecule has 30 nitrogen and oxygen atoms in total. The molecule has 792 valence electrons. The Morgan fingerprint density at radius 1 is 0.429 bits per heavy atom. The Morgan fingerprint density at radius 2 is 0.800 bits per heavy atom. The Kier molecular flexibility index (Phi) is 51.2. The van der Waals surface area contributed by atoms with Gasteiger partial charge in [-0.05, 0) is 227 Å². The normalized spacial score (nSPS) is 38.4. The van der Waals surface area contributed by atoms with Crippen molar-refractivity contribution in [2.24, 2.45) is 71.0 Å². The van der Waals surface area contributed by atoms with E-state index in [-0.39, 0.29) is 122 Å². The Balaban J connectivity index is 0.000000381. The van der Waals surface area contributed by atoms with Gasteiger partial charge in [-0.1, -0.05) is 156 Å². The van der Waals surface area contributed by atoms with Gasteiger partial charge in [0.2, 0.25) is 11.6 Å². The molecule has 6 N–H and O–H groups in total. The van der Waals surface area contributed by atoms with Crippen molar-refractivity contribution in [1.29, 1.82) is 0 Å². The number of carbonyl (C=O) groups is 10. The molecule has 2 amide bonds. The number of ether oxygens (including phenoxy) is 12. The summed E-state index contributed by atoms with van der Waals surface area (Å²) in [7, 11) is 5.89. The first-order valence-electron chi connectivity index (χ1n) is 52.2. The highest BCUT2D eigenvalue weighted by Crippen LogP contribution is 2.42. The molecule has 6 fully saturated rings. The number of aliphatic hydroxyl groups is 6. The number of methoxy groups -OCH3 is 4. The molecule has 0 aromatic rings. The van der Waals surface area contributed by atoms with Gasteiger partial charge in [0.15, 0.2) is 11.6 Å². The predicted octanol–water partition coefficient (Wildman–Crippen LogP) is 14.0. The van der Waals surface area contributed by atoms with Gasteiger partial charge in [0, 0.05) is 116 Å². The van der Waals surface area contributed by atoms with Crippen LogP contribution in [-0.4, -0.2) is 289 Å². The van der Waals surface area contributed by atoms with Gasteiger partial charge >= 0.3 is 11.9 Å². The van der Waals surface area contributed by atoms with E-state index in [1.54, 1.807) is 67.9 Å². The van der Waals surface area contributed by atoms with Gasteiger partial charge in [-0.15, -0.1) is 0 Å². The van der Waals surface area contributed by atoms with Crippen LogP contribution in [0.15, 0.2) is 95.2 Å². The van der Waals surface area contributed by atoms with E-state index in [0.717, 1.165) is 36.8 Å². The zero-order chi connectivity index (χ0) is 103. The SMILES string of the molecule is CCCOCCO[C@@H]1C[C@@H]2CC[C@@H](C)[C@@](O)(O2)C(=O)C(=O)N2CCCC[C@H]2C(=O)O[C@H]([C@H](C)C[C@@H]2CC[C@@H](O)[C@H](OC)C2)CC(=O)[C@H](C)/C=C(\C)[C@@H](O)[C@@H](OC)C(=O)[C@H](C)C[C@H](C)/C=C/C=C/C=C/1C.CCCOCCO[C@H]1C[C@@H]2CC[C@@H](C)[C@@](O)(O2)C(=O)C(=O)N2CCCC[C@H]2C(=O)O[C@H]([C@H](C)C[C@@H]2CC[C@@H](O)[C@H](OC)C2)CC(=O)[C@H](C)/C=C(\C)[C@@H](O)[C@@H](OC)C(=O)[C@H](C)C[C@H](C)/C=C/C=C/C=C/1C. The topological polar surface area (TPSA) is 409 Å². The smallest absolute Gasteiger partial charge is 0.329 e. The fourth-order valence-electron chi connectivity index (χ4n) is 21.1. The molecule has 6 heterocycles. The fourth-order valence-corrected chi connectivity index (χ4v) is 21.1. The van der Waals surface area contributed by atoms with Crippen molar-refractivity contribution in [1.82, 2.24) is 9.80 Å². The van der Waals surface area contributed by atoms with Gasteiger partial charge in [0.05, 0.1) is 75.3 Å². The van der Waals surface area contributed by atoms with Crippen LogP contribution in [0.25, 0.3) is 0 Å². The molecule has 2 saturated carbocycles. The summed E-state index contributed by atoms with van der Waals surface area (Å²) in [4.78, 5) is 145. The minimum Gasteiger partial charge on any atom is -0.460 e. The zero-order valence-corrected chi connectivity index (χ0v) is 87.7. The summed E-state index contributed by atoms with van der Waals surface area (Å²) in [5, 5.41) is 68.2. The highest BCUT2D eigenvalue weighted by Gasteiger charge is 2.56. The monoisotopic (exact) mass is 1970 g/mol. The lowest BCUT2D eigenvalue weighted by molar-refractivity contribution is -0.266. The van der Waals surface area contributed by atoms with Crippen molar-refractivity contribution in [2.45, 2.75) is 387 Å². The lowest BCUT2D eigenvalue weighted by Gasteiger charge is -2.43. The van der Waals surface area contributed by atoms with Crippen molar-refractivity contribution in [2.75, 3.05) is 81.2 Å². The van der Waals surface area contributed by atoms with Gasteiger partial charge in [-0.25, -0.2) is 9.59 Å². The van der Waals surface area contributed by atoms with Crippen molar-refractivity contribution in [3.63, 3.8) is 0 Å². The Bertz CT molecular complexity index is 3950. The van der Waals surface area contributed by atoms with Crippen molar-refractivity contribution in [3.05, 3.63) is 95.2 Å². The lowest BCUT2D eigenvalue weighted by atomic mass is 9.78. The number of hydrogen-bond donors (Lipinski definition) is 6. The molecule has 4 bridgehead atoms. The maximum Gasteiger partial charge on any atom is 0.329 e. The summed E-state index contributed by atoms with van der Waals surface area (Å²) < 4.78 is 71.5. The Labute approximate surface area is 833 Å². The largest absolute Gasteiger partial charge is 0.460 e. The predicted molar refractivity (Wildman–Crippen MR) is 530 cm³/mol. The molecule has 8 aliphatic rings. The molecular formula is C110H174N2O28. The second kappa shape index (κ2) is 59.7. The molecule has 140 heavy (non-hydrogen) atoms. The molecule has 0 aromatic carbocycles. The van der Waals surface area contributed by atoms with E-state index >= 15 is 0 Å². The summed E-state index contributed by atoms with van der Waals surface area (Å²) >= 11 is 0. The number of fused-ring (bicyclic) bond motifs is 6. The zero-order valence-electron chi connectivity index (χ0n) is 87.7. The molecule has 0 spiro atoms. The van der Waals surface area contributed by atoms with E-state index in [0.29, 0.717) is 154 Å². The van der Waals surface area contributed by atoms with Crippen LogP contribution in [0, 0.1) is 71.0 Å². The summed E-state index contributed by atoms with van der Waals surface area (Å²) in [6.45, 7) is 32.1. The number of aliphatic hydroxyl groups excluding tert-OH is 4. The second-order valence-electron chi connectivity index (χ2n) is 41.7. The van der Waals surface area contributed by atoms with E-state index in [4.69, 9.17) is 56.8 Å². The van der Waals surface area contributed by atoms with Crippen LogP contribution in [-0.2, 0) is 105 Å². The van der Waals surface area contributed by atoms with Gasteiger partial charge < -0.3 is 97.3 Å². The van der Waals surface area contributed by atoms with Crippen LogP contribution >= 0.6 is 0 Å². The first-order chi connectivity index (χ1) is 66.5. The van der Waals surface area contributed by atoms with Crippen molar-refractivity contribution in [3.8, 4) is 0 Å². The van der Waals surface area contributed by atoms with E-state index in [9.17, 15) is 78.6 Å². The van der Waals surface area contributed by atoms with Gasteiger partial charge in [-0.3, -0.25) is 38.4 Å². The number of carbonyl (C=O) groups excluding carboxylic acids is 10. The molecular weight excluding hydrogens is 1800 g/mol. The maximum atomic E-state index is 14.5. The number of esters is 2. The summed E-state index contributed by atoms with van der Waals surface area (Å²) in [6, 6.07) is -2.31. The van der Waals surface area contributed by atoms with E-state index in [1.165, 1.54) is 24.0 Å². The number of piperidine rings is 2. The molecule has 4 saturated heterocycles. The van der Waals surface area contributed by atoms with Gasteiger partial charge in [0.25, 0.3) is 23.4 Å². The van der Waals surface area contributed by atoms with Crippen LogP contribution in [0.2, 0.25) is 0 Å². The van der Waals surface area contributed by atoms with Crippen molar-refractivity contribution < 1.29 is 135 Å². The third-order valence-electron chi connectivity index (χ3n) is 30.2. The van der Waals surface area contributed by atoms with E-state index in [2.05, 4.69) is 0 Å². The Hall–Kier alpha value is -6.82. The fraction of sp³-hybridized carbons (Fsp3) is 0.764. The maximum absolute atomic E-state index is 14.5. The third-order valence-corrected chi connectivity index (χ3v) is 30.2. The summed E-state index contributed by atoms with van der Waals surface area (Å²) in [6.07, 6.45) is 23.7. The number of Topliss-reactive ketones (excluding diaryl/α,β-unsaturated/α-hetero) is 6. The number of hydrogen-bond acceptors (Lipinski definition) is 28. The minimum absolute atomic E-state index is 0.00309. The molecule has 0 unspecified atom stereocenters. The number of rotatable bonds is 22. The number of ketones is 6. The van der Waals surface area contributed by atoms with Crippen LogP contribution in [0.5, 0.6) is 0 Å². The minimum atomic E-state index is -2.46. The summed E-state index contributed by atoms with van der Waals surface area (Å²) in [5.74, 6) is -16.2. The number of amides is 2. The first-order valence-corrected chi connectivity index (χ1v) is 52.2. The van der Waals surface area contributed by atoms with Crippen LogP contribution < -0.4 is 0 Å². The first kappa shape index (κ1) is 120. The second-order valence-corrected chi connectivity index (χ2v) is 41.7. The molecule has 2 aliphatic carbocycles. The van der Waals surface area contributed by atoms with Gasteiger partial charge in [-0.2, -0.15) is 0 Å². The number of nitrogens with zero attached hydrogens (tertiary/aromatic N) is 2. The van der Waals surface area contributed by atoms with E-state index < -0.39 is 168 Å². The molecule has 0 aromatic heterocycles. The molecule has 30 heteroatoms. The van der Waals surface area contributed by atoms with Crippen LogP contribution in [0.3, 0.4) is 0 Å². The summed E-state index contributed by atoms with van der Waals surface area (Å²) in [5.41, 5.74) is 2.50. The van der Waals surface area contributed by atoms with E-state index in [1.807, 2.05) is 130 Å². The quantitative estimate of drug-likeness (QED) is 0.0254. The molecule has 30 atom stereocenters. The lowest BCUT2D eigenvalue weighted by Crippen LogP contribution is -2.61. The average Bonchev–Trinajstić information content (AvgIpc) is 0.773. The molecule has 6 aliphatic heterocycles. The average molecular weight is 1970 g/mol. The van der Waals surface area contributed by atoms with Crippen molar-refractivity contribution >= 4 is 58.5 Å². The third kappa shape index (κ3) is 35.2. The number of allylic oxidation sites excluding steroid dienone is 12. The van der Waals surface area contributed by atoms with Crippen LogP contribution in [0.4, 0.5) is 0 Å². The van der Waals surface area contributed by atoms with Crippen LogP contribution in [0.1, 0.15) is 278 Å². The van der Waals surface area contributed by atoms with Gasteiger partial charge in [0.1, 0.15) is 60.3 Å². The number of cyclic esters (lactones) is 2.